The molecule has 1 aliphatic carbocycles. The van der Waals surface area contributed by atoms with Gasteiger partial charge in [-0.1, -0.05) is 24.3 Å². The van der Waals surface area contributed by atoms with Crippen molar-refractivity contribution < 1.29 is 9.84 Å². The Morgan fingerprint density at radius 3 is 2.62 bits per heavy atom. The number of benzene rings is 2. The average Bonchev–Trinajstić information content (AvgIpc) is 2.55. The van der Waals surface area contributed by atoms with E-state index in [4.69, 9.17) is 4.74 Å². The minimum absolute atomic E-state index is 0.0898. The van der Waals surface area contributed by atoms with Gasteiger partial charge in [0.15, 0.2) is 0 Å². The van der Waals surface area contributed by atoms with Crippen LogP contribution in [0.5, 0.6) is 5.75 Å². The molecule has 0 spiro atoms. The van der Waals surface area contributed by atoms with Gasteiger partial charge in [-0.15, -0.1) is 0 Å². The Labute approximate surface area is 125 Å². The van der Waals surface area contributed by atoms with Gasteiger partial charge in [-0.05, 0) is 48.2 Å². The number of anilines is 1. The van der Waals surface area contributed by atoms with Crippen LogP contribution in [0.1, 0.15) is 23.7 Å². The first-order valence-electron chi connectivity index (χ1n) is 7.33. The van der Waals surface area contributed by atoms with E-state index in [0.29, 0.717) is 0 Å². The molecule has 0 aromatic heterocycles. The Morgan fingerprint density at radius 1 is 1.14 bits per heavy atom. The maximum absolute atomic E-state index is 10.8. The molecule has 2 aromatic rings. The summed E-state index contributed by atoms with van der Waals surface area (Å²) in [7, 11) is 3.71. The van der Waals surface area contributed by atoms with Gasteiger partial charge in [0.05, 0.1) is 19.3 Å². The second kappa shape index (κ2) is 5.78. The van der Waals surface area contributed by atoms with E-state index >= 15 is 0 Å². The summed E-state index contributed by atoms with van der Waals surface area (Å²) in [6, 6.07) is 16.3. The number of aliphatic hydroxyl groups is 1. The number of hydrogen-bond acceptors (Lipinski definition) is 3. The normalized spacial score (nSPS) is 20.7. The molecule has 21 heavy (non-hydrogen) atoms. The molecule has 3 heteroatoms. The fourth-order valence-corrected chi connectivity index (χ4v) is 3.13. The molecule has 0 amide bonds. The summed E-state index contributed by atoms with van der Waals surface area (Å²) in [5.74, 6) is 0.802. The van der Waals surface area contributed by atoms with Gasteiger partial charge in [0.2, 0.25) is 0 Å². The van der Waals surface area contributed by atoms with Gasteiger partial charge in [-0.25, -0.2) is 0 Å². The number of hydrogen-bond donors (Lipinski definition) is 1. The number of para-hydroxylation sites is 1. The van der Waals surface area contributed by atoms with Crippen LogP contribution in [0.15, 0.2) is 48.5 Å². The van der Waals surface area contributed by atoms with E-state index < -0.39 is 6.10 Å². The number of rotatable bonds is 3. The van der Waals surface area contributed by atoms with E-state index in [1.165, 1.54) is 5.56 Å². The van der Waals surface area contributed by atoms with Gasteiger partial charge in [-0.2, -0.15) is 0 Å². The van der Waals surface area contributed by atoms with Crippen molar-refractivity contribution in [3.8, 4) is 5.75 Å². The maximum atomic E-state index is 10.8. The maximum Gasteiger partial charge on any atom is 0.119 e. The molecule has 0 fully saturated rings. The van der Waals surface area contributed by atoms with Gasteiger partial charge in [-0.3, -0.25) is 0 Å². The first kappa shape index (κ1) is 14.0. The fourth-order valence-electron chi connectivity index (χ4n) is 3.13. The summed E-state index contributed by atoms with van der Waals surface area (Å²) in [5.41, 5.74) is 3.35. The molecule has 0 radical (unpaired) electrons. The lowest BCUT2D eigenvalue weighted by molar-refractivity contribution is 0.131. The minimum atomic E-state index is -0.492. The Bertz CT molecular complexity index is 612. The van der Waals surface area contributed by atoms with Gasteiger partial charge in [0.25, 0.3) is 0 Å². The van der Waals surface area contributed by atoms with Crippen LogP contribution in [0.25, 0.3) is 0 Å². The van der Waals surface area contributed by atoms with Gasteiger partial charge >= 0.3 is 0 Å². The van der Waals surface area contributed by atoms with Crippen molar-refractivity contribution in [1.82, 2.24) is 0 Å². The number of aryl methyl sites for hydroxylation is 1. The molecule has 1 N–H and O–H groups in total. The van der Waals surface area contributed by atoms with Crippen molar-refractivity contribution in [2.45, 2.75) is 25.0 Å². The molecule has 1 aliphatic rings. The molecule has 0 heterocycles. The number of methoxy groups -OCH3 is 1. The van der Waals surface area contributed by atoms with E-state index in [2.05, 4.69) is 23.1 Å². The predicted molar refractivity (Wildman–Crippen MR) is 84.9 cm³/mol. The highest BCUT2D eigenvalue weighted by Crippen LogP contribution is 2.36. The summed E-state index contributed by atoms with van der Waals surface area (Å²) in [6.07, 6.45) is 1.44. The Morgan fingerprint density at radius 2 is 1.90 bits per heavy atom. The molecule has 0 saturated carbocycles. The number of ether oxygens (including phenoxy) is 1. The zero-order chi connectivity index (χ0) is 14.8. The summed E-state index contributed by atoms with van der Waals surface area (Å²) >= 11 is 0. The molecular weight excluding hydrogens is 262 g/mol. The molecule has 2 atom stereocenters. The van der Waals surface area contributed by atoms with E-state index in [0.717, 1.165) is 29.8 Å². The molecule has 0 saturated heterocycles. The van der Waals surface area contributed by atoms with Gasteiger partial charge in [0, 0.05) is 12.7 Å². The van der Waals surface area contributed by atoms with E-state index in [-0.39, 0.29) is 6.04 Å². The van der Waals surface area contributed by atoms with Crippen molar-refractivity contribution >= 4 is 5.69 Å². The minimum Gasteiger partial charge on any atom is -0.497 e. The highest BCUT2D eigenvalue weighted by atomic mass is 16.5. The van der Waals surface area contributed by atoms with Crippen LogP contribution in [-0.4, -0.2) is 25.3 Å². The van der Waals surface area contributed by atoms with Crippen molar-refractivity contribution in [2.75, 3.05) is 19.1 Å². The van der Waals surface area contributed by atoms with Crippen LogP contribution in [0.2, 0.25) is 0 Å². The van der Waals surface area contributed by atoms with Crippen LogP contribution in [-0.2, 0) is 6.42 Å². The van der Waals surface area contributed by atoms with E-state index in [9.17, 15) is 5.11 Å². The van der Waals surface area contributed by atoms with Gasteiger partial charge in [0.1, 0.15) is 5.75 Å². The lowest BCUT2D eigenvalue weighted by atomic mass is 9.85. The molecular formula is C18H21NO2. The number of nitrogens with zero attached hydrogens (tertiary/aromatic N) is 1. The third kappa shape index (κ3) is 2.61. The lowest BCUT2D eigenvalue weighted by Crippen LogP contribution is -2.40. The monoisotopic (exact) mass is 283 g/mol. The summed E-state index contributed by atoms with van der Waals surface area (Å²) in [4.78, 5) is 2.17. The zero-order valence-electron chi connectivity index (χ0n) is 12.5. The third-order valence-electron chi connectivity index (χ3n) is 4.41. The summed E-state index contributed by atoms with van der Waals surface area (Å²) < 4.78 is 5.28. The number of aliphatic hydroxyl groups excluding tert-OH is 1. The van der Waals surface area contributed by atoms with Crippen LogP contribution in [0.3, 0.4) is 0 Å². The molecule has 0 aliphatic heterocycles. The van der Waals surface area contributed by atoms with Crippen LogP contribution >= 0.6 is 0 Å². The first-order chi connectivity index (χ1) is 10.2. The Balaban J connectivity index is 1.89. The van der Waals surface area contributed by atoms with Gasteiger partial charge < -0.3 is 14.7 Å². The highest BCUT2D eigenvalue weighted by Gasteiger charge is 2.31. The second-order valence-electron chi connectivity index (χ2n) is 5.56. The van der Waals surface area contributed by atoms with Crippen molar-refractivity contribution in [3.05, 3.63) is 59.7 Å². The van der Waals surface area contributed by atoms with Crippen LogP contribution < -0.4 is 9.64 Å². The van der Waals surface area contributed by atoms with Crippen molar-refractivity contribution in [3.63, 3.8) is 0 Å². The predicted octanol–water partition coefficient (Wildman–Crippen LogP) is 3.18. The van der Waals surface area contributed by atoms with E-state index in [1.54, 1.807) is 7.11 Å². The molecule has 3 nitrogen and oxygen atoms in total. The van der Waals surface area contributed by atoms with Crippen molar-refractivity contribution in [2.24, 2.45) is 0 Å². The summed E-state index contributed by atoms with van der Waals surface area (Å²) in [5, 5.41) is 10.8. The average molecular weight is 283 g/mol. The second-order valence-corrected chi connectivity index (χ2v) is 5.56. The SMILES string of the molecule is COc1ccc2c(c1)C(O)C(N(C)c1ccccc1)CC2. The third-order valence-corrected chi connectivity index (χ3v) is 4.41. The zero-order valence-corrected chi connectivity index (χ0v) is 12.5. The smallest absolute Gasteiger partial charge is 0.119 e. The quantitative estimate of drug-likeness (QED) is 0.939. The largest absolute Gasteiger partial charge is 0.497 e. The highest BCUT2D eigenvalue weighted by molar-refractivity contribution is 5.49. The van der Waals surface area contributed by atoms with Crippen LogP contribution in [0, 0.1) is 0 Å². The summed E-state index contributed by atoms with van der Waals surface area (Å²) in [6.45, 7) is 0. The van der Waals surface area contributed by atoms with Crippen LogP contribution in [0.4, 0.5) is 5.69 Å². The standard InChI is InChI=1S/C18H21NO2/c1-19(14-6-4-3-5-7-14)17-11-9-13-8-10-15(21-2)12-16(13)18(17)20/h3-8,10,12,17-18,20H,9,11H2,1-2H3. The Kier molecular flexibility index (Phi) is 3.84. The molecule has 0 bridgehead atoms. The van der Waals surface area contributed by atoms with E-state index in [1.807, 2.05) is 37.4 Å². The van der Waals surface area contributed by atoms with Crippen molar-refractivity contribution in [1.29, 1.82) is 0 Å². The molecule has 3 rings (SSSR count). The lowest BCUT2D eigenvalue weighted by Gasteiger charge is -2.38. The fraction of sp³-hybridized carbons (Fsp3) is 0.333. The number of likely N-dealkylation sites (N-methyl/N-ethyl adjacent to an activating group) is 1. The molecule has 2 aromatic carbocycles. The molecule has 110 valence electrons. The topological polar surface area (TPSA) is 32.7 Å². The number of fused-ring (bicyclic) bond motifs is 1. The first-order valence-corrected chi connectivity index (χ1v) is 7.33. The Hall–Kier alpha value is -2.00. The molecule has 2 unspecified atom stereocenters.